The Bertz CT molecular complexity index is 925. The van der Waals surface area contributed by atoms with Gasteiger partial charge in [-0.05, 0) is 55.5 Å². The Kier molecular flexibility index (Phi) is 4.70. The number of carboxylic acids is 1. The van der Waals surface area contributed by atoms with E-state index in [1.54, 1.807) is 0 Å². The third kappa shape index (κ3) is 3.79. The fourth-order valence-electron chi connectivity index (χ4n) is 2.85. The molecule has 0 aliphatic heterocycles. The topological polar surface area (TPSA) is 63.3 Å². The van der Waals surface area contributed by atoms with Gasteiger partial charge in [-0.2, -0.15) is 0 Å². The van der Waals surface area contributed by atoms with Crippen LogP contribution in [0.2, 0.25) is 0 Å². The molecular formula is C21H21NO3. The van der Waals surface area contributed by atoms with Gasteiger partial charge in [-0.25, -0.2) is 0 Å². The average molecular weight is 335 g/mol. The molecule has 0 saturated heterocycles. The second-order valence-corrected chi connectivity index (χ2v) is 6.42. The molecule has 2 aromatic carbocycles. The Balaban J connectivity index is 1.86. The molecule has 3 rings (SSSR count). The summed E-state index contributed by atoms with van der Waals surface area (Å²) in [6.07, 6.45) is 0.669. The van der Waals surface area contributed by atoms with Crippen molar-refractivity contribution in [2.75, 3.05) is 0 Å². The summed E-state index contributed by atoms with van der Waals surface area (Å²) in [7, 11) is 0. The van der Waals surface area contributed by atoms with Crippen molar-refractivity contribution in [3.63, 3.8) is 0 Å². The molecule has 4 heteroatoms. The number of hydrogen-bond acceptors (Lipinski definition) is 3. The van der Waals surface area contributed by atoms with Gasteiger partial charge in [-0.1, -0.05) is 35.5 Å². The van der Waals surface area contributed by atoms with Crippen LogP contribution < -0.4 is 0 Å². The van der Waals surface area contributed by atoms with Crippen LogP contribution in [0.5, 0.6) is 0 Å². The minimum absolute atomic E-state index is 0.139. The average Bonchev–Trinajstić information content (AvgIpc) is 3.05. The maximum absolute atomic E-state index is 10.7. The lowest BCUT2D eigenvalue weighted by Gasteiger charge is -2.05. The first-order valence-corrected chi connectivity index (χ1v) is 8.30. The minimum atomic E-state index is -0.781. The zero-order chi connectivity index (χ0) is 18.0. The van der Waals surface area contributed by atoms with Gasteiger partial charge in [0.2, 0.25) is 0 Å². The van der Waals surface area contributed by atoms with Crippen LogP contribution in [0.25, 0.3) is 22.6 Å². The molecule has 0 spiro atoms. The number of carbonyl (C=O) groups is 1. The Morgan fingerprint density at radius 1 is 1.00 bits per heavy atom. The van der Waals surface area contributed by atoms with Crippen LogP contribution >= 0.6 is 0 Å². The standard InChI is InChI=1S/C21H21NO3/c1-13-4-7-17(11-14(13)2)20-12-19(22-25-20)18-8-5-16(10-15(18)3)6-9-21(23)24/h4-5,7-8,10-12H,6,9H2,1-3H3,(H,23,24). The smallest absolute Gasteiger partial charge is 0.303 e. The van der Waals surface area contributed by atoms with Crippen LogP contribution in [0, 0.1) is 20.8 Å². The fourth-order valence-corrected chi connectivity index (χ4v) is 2.85. The van der Waals surface area contributed by atoms with Crippen LogP contribution in [0.3, 0.4) is 0 Å². The Morgan fingerprint density at radius 2 is 1.80 bits per heavy atom. The molecule has 0 amide bonds. The van der Waals surface area contributed by atoms with Gasteiger partial charge < -0.3 is 9.63 Å². The maximum atomic E-state index is 10.7. The van der Waals surface area contributed by atoms with E-state index >= 15 is 0 Å². The van der Waals surface area contributed by atoms with Crippen molar-refractivity contribution in [1.29, 1.82) is 0 Å². The number of aryl methyl sites for hydroxylation is 4. The minimum Gasteiger partial charge on any atom is -0.481 e. The zero-order valence-corrected chi connectivity index (χ0v) is 14.7. The molecule has 0 aliphatic rings. The van der Waals surface area contributed by atoms with Gasteiger partial charge in [0, 0.05) is 23.6 Å². The summed E-state index contributed by atoms with van der Waals surface area (Å²) < 4.78 is 5.54. The molecular weight excluding hydrogens is 314 g/mol. The molecule has 1 aromatic heterocycles. The highest BCUT2D eigenvalue weighted by atomic mass is 16.5. The highest BCUT2D eigenvalue weighted by Crippen LogP contribution is 2.29. The highest BCUT2D eigenvalue weighted by Gasteiger charge is 2.12. The summed E-state index contributed by atoms with van der Waals surface area (Å²) in [5, 5.41) is 13.0. The van der Waals surface area contributed by atoms with E-state index < -0.39 is 5.97 Å². The largest absolute Gasteiger partial charge is 0.481 e. The molecule has 4 nitrogen and oxygen atoms in total. The molecule has 1 heterocycles. The van der Waals surface area contributed by atoms with Gasteiger partial charge in [0.1, 0.15) is 5.69 Å². The molecule has 0 atom stereocenters. The van der Waals surface area contributed by atoms with Gasteiger partial charge in [0.15, 0.2) is 5.76 Å². The number of rotatable bonds is 5. The second-order valence-electron chi connectivity index (χ2n) is 6.42. The molecule has 0 saturated carbocycles. The monoisotopic (exact) mass is 335 g/mol. The van der Waals surface area contributed by atoms with E-state index in [2.05, 4.69) is 31.1 Å². The molecule has 25 heavy (non-hydrogen) atoms. The number of aromatic nitrogens is 1. The van der Waals surface area contributed by atoms with Crippen molar-refractivity contribution in [3.05, 3.63) is 64.7 Å². The molecule has 128 valence electrons. The quantitative estimate of drug-likeness (QED) is 0.716. The summed E-state index contributed by atoms with van der Waals surface area (Å²) in [4.78, 5) is 10.7. The SMILES string of the molecule is Cc1ccc(-c2cc(-c3ccc(CCC(=O)O)cc3C)no2)cc1C. The first kappa shape index (κ1) is 17.0. The number of carboxylic acid groups (broad SMARTS) is 1. The van der Waals surface area contributed by atoms with E-state index in [1.807, 2.05) is 37.3 Å². The predicted molar refractivity (Wildman–Crippen MR) is 97.5 cm³/mol. The van der Waals surface area contributed by atoms with Crippen LogP contribution in [0.4, 0.5) is 0 Å². The van der Waals surface area contributed by atoms with Crippen molar-refractivity contribution in [2.45, 2.75) is 33.6 Å². The van der Waals surface area contributed by atoms with Gasteiger partial charge in [-0.3, -0.25) is 4.79 Å². The van der Waals surface area contributed by atoms with Crippen LogP contribution in [-0.2, 0) is 11.2 Å². The second kappa shape index (κ2) is 6.93. The molecule has 1 N–H and O–H groups in total. The lowest BCUT2D eigenvalue weighted by atomic mass is 9.99. The number of nitrogens with zero attached hydrogens (tertiary/aromatic N) is 1. The van der Waals surface area contributed by atoms with E-state index in [0.717, 1.165) is 33.7 Å². The summed E-state index contributed by atoms with van der Waals surface area (Å²) in [6, 6.07) is 14.1. The van der Waals surface area contributed by atoms with Crippen LogP contribution in [0.15, 0.2) is 47.0 Å². The third-order valence-electron chi connectivity index (χ3n) is 4.50. The Labute approximate surface area is 147 Å². The number of hydrogen-bond donors (Lipinski definition) is 1. The van der Waals surface area contributed by atoms with Crippen molar-refractivity contribution >= 4 is 5.97 Å². The molecule has 0 fully saturated rings. The lowest BCUT2D eigenvalue weighted by Crippen LogP contribution is -1.98. The lowest BCUT2D eigenvalue weighted by molar-refractivity contribution is -0.136. The summed E-state index contributed by atoms with van der Waals surface area (Å²) >= 11 is 0. The van der Waals surface area contributed by atoms with Crippen LogP contribution in [0.1, 0.15) is 28.7 Å². The highest BCUT2D eigenvalue weighted by molar-refractivity contribution is 5.70. The van der Waals surface area contributed by atoms with E-state index in [9.17, 15) is 4.79 Å². The fraction of sp³-hybridized carbons (Fsp3) is 0.238. The summed E-state index contributed by atoms with van der Waals surface area (Å²) in [5.41, 5.74) is 7.33. The Morgan fingerprint density at radius 3 is 2.48 bits per heavy atom. The molecule has 0 radical (unpaired) electrons. The van der Waals surface area contributed by atoms with Crippen LogP contribution in [-0.4, -0.2) is 16.2 Å². The van der Waals surface area contributed by atoms with Gasteiger partial charge in [-0.15, -0.1) is 0 Å². The predicted octanol–water partition coefficient (Wildman–Crippen LogP) is 4.95. The Hall–Kier alpha value is -2.88. The normalized spacial score (nSPS) is 10.8. The first-order valence-electron chi connectivity index (χ1n) is 8.30. The van der Waals surface area contributed by atoms with E-state index in [1.165, 1.54) is 11.1 Å². The summed E-state index contributed by atoms with van der Waals surface area (Å²) in [6.45, 7) is 6.17. The molecule has 0 aliphatic carbocycles. The van der Waals surface area contributed by atoms with Crippen molar-refractivity contribution in [3.8, 4) is 22.6 Å². The van der Waals surface area contributed by atoms with Gasteiger partial charge >= 0.3 is 5.97 Å². The van der Waals surface area contributed by atoms with Crippen molar-refractivity contribution in [1.82, 2.24) is 5.16 Å². The maximum Gasteiger partial charge on any atom is 0.303 e. The number of benzene rings is 2. The number of aliphatic carboxylic acids is 1. The third-order valence-corrected chi connectivity index (χ3v) is 4.50. The van der Waals surface area contributed by atoms with Crippen molar-refractivity contribution < 1.29 is 14.4 Å². The zero-order valence-electron chi connectivity index (χ0n) is 14.7. The van der Waals surface area contributed by atoms with Crippen molar-refractivity contribution in [2.24, 2.45) is 0 Å². The van der Waals surface area contributed by atoms with E-state index in [-0.39, 0.29) is 6.42 Å². The molecule has 3 aromatic rings. The van der Waals surface area contributed by atoms with E-state index in [4.69, 9.17) is 9.63 Å². The first-order chi connectivity index (χ1) is 11.9. The summed E-state index contributed by atoms with van der Waals surface area (Å²) in [5.74, 6) is -0.0382. The van der Waals surface area contributed by atoms with Gasteiger partial charge in [0.25, 0.3) is 0 Å². The molecule has 0 unspecified atom stereocenters. The molecule has 0 bridgehead atoms. The van der Waals surface area contributed by atoms with Gasteiger partial charge in [0.05, 0.1) is 0 Å². The van der Waals surface area contributed by atoms with E-state index in [0.29, 0.717) is 6.42 Å².